The van der Waals surface area contributed by atoms with E-state index >= 15 is 0 Å². The van der Waals surface area contributed by atoms with Gasteiger partial charge < -0.3 is 15.6 Å². The predicted octanol–water partition coefficient (Wildman–Crippen LogP) is 1.06. The van der Waals surface area contributed by atoms with Crippen LogP contribution in [0.25, 0.3) is 0 Å². The Balaban J connectivity index is 3.37. The fraction of sp³-hybridized carbons (Fsp3) is 0.222. The Morgan fingerprint density at radius 2 is 2.25 bits per heavy atom. The fourth-order valence-corrected chi connectivity index (χ4v) is 1.17. The van der Waals surface area contributed by atoms with Crippen molar-refractivity contribution in [3.05, 3.63) is 27.8 Å². The Morgan fingerprint density at radius 3 is 2.75 bits per heavy atom. The highest BCUT2D eigenvalue weighted by Crippen LogP contribution is 2.32. The summed E-state index contributed by atoms with van der Waals surface area (Å²) in [6.07, 6.45) is 0. The Kier molecular flexibility index (Phi) is 3.29. The summed E-state index contributed by atoms with van der Waals surface area (Å²) in [5.41, 5.74) is 4.13. The summed E-state index contributed by atoms with van der Waals surface area (Å²) in [5, 5.41) is 19.9. The number of carbonyl (C=O) groups is 1. The zero-order valence-corrected chi connectivity index (χ0v) is 8.47. The van der Waals surface area contributed by atoms with E-state index in [1.807, 2.05) is 0 Å². The van der Waals surface area contributed by atoms with Gasteiger partial charge in [-0.2, -0.15) is 0 Å². The highest BCUT2D eigenvalue weighted by atomic mass is 16.6. The number of hydrogen-bond acceptors (Lipinski definition) is 6. The van der Waals surface area contributed by atoms with Crippen LogP contribution in [0.1, 0.15) is 17.3 Å². The van der Waals surface area contributed by atoms with Crippen molar-refractivity contribution in [3.63, 3.8) is 0 Å². The molecule has 0 aliphatic carbocycles. The van der Waals surface area contributed by atoms with Crippen molar-refractivity contribution >= 4 is 17.3 Å². The third-order valence-corrected chi connectivity index (χ3v) is 1.88. The molecule has 86 valence electrons. The van der Waals surface area contributed by atoms with Gasteiger partial charge in [-0.1, -0.05) is 0 Å². The molecule has 1 aromatic rings. The number of nitro benzene ring substituents is 1. The number of esters is 1. The first-order valence-corrected chi connectivity index (χ1v) is 4.42. The zero-order chi connectivity index (χ0) is 12.3. The van der Waals surface area contributed by atoms with Crippen molar-refractivity contribution in [1.29, 1.82) is 0 Å². The van der Waals surface area contributed by atoms with E-state index in [1.54, 1.807) is 6.92 Å². The molecule has 0 aromatic heterocycles. The average Bonchev–Trinajstić information content (AvgIpc) is 2.21. The van der Waals surface area contributed by atoms with Crippen molar-refractivity contribution in [1.82, 2.24) is 0 Å². The lowest BCUT2D eigenvalue weighted by molar-refractivity contribution is -0.385. The number of phenolic OH excluding ortho intramolecular Hbond substituents is 1. The molecule has 16 heavy (non-hydrogen) atoms. The SMILES string of the molecule is CCOC(=O)c1c([N+](=O)[O-])ccc(O)c1N. The van der Waals surface area contributed by atoms with Gasteiger partial charge >= 0.3 is 5.97 Å². The van der Waals surface area contributed by atoms with E-state index in [4.69, 9.17) is 5.73 Å². The molecule has 0 saturated heterocycles. The maximum absolute atomic E-state index is 11.4. The molecule has 0 aliphatic heterocycles. The minimum atomic E-state index is -0.928. The molecule has 7 nitrogen and oxygen atoms in total. The Labute approximate surface area is 90.6 Å². The van der Waals surface area contributed by atoms with Crippen molar-refractivity contribution in [2.24, 2.45) is 0 Å². The number of anilines is 1. The van der Waals surface area contributed by atoms with Crippen molar-refractivity contribution in [2.75, 3.05) is 12.3 Å². The second-order valence-corrected chi connectivity index (χ2v) is 2.87. The Bertz CT molecular complexity index is 444. The monoisotopic (exact) mass is 226 g/mol. The topological polar surface area (TPSA) is 116 Å². The highest BCUT2D eigenvalue weighted by molar-refractivity contribution is 6.00. The van der Waals surface area contributed by atoms with Gasteiger partial charge in [-0.05, 0) is 13.0 Å². The van der Waals surface area contributed by atoms with Crippen LogP contribution < -0.4 is 5.73 Å². The van der Waals surface area contributed by atoms with Crippen LogP contribution in [0.3, 0.4) is 0 Å². The van der Waals surface area contributed by atoms with Crippen LogP contribution in [0, 0.1) is 10.1 Å². The third kappa shape index (κ3) is 2.02. The predicted molar refractivity (Wildman–Crippen MR) is 55.1 cm³/mol. The van der Waals surface area contributed by atoms with E-state index in [0.29, 0.717) is 0 Å². The van der Waals surface area contributed by atoms with Gasteiger partial charge in [0, 0.05) is 6.07 Å². The minimum absolute atomic E-state index is 0.0606. The van der Waals surface area contributed by atoms with Crippen LogP contribution in [0.5, 0.6) is 5.75 Å². The Morgan fingerprint density at radius 1 is 1.62 bits per heavy atom. The molecular weight excluding hydrogens is 216 g/mol. The number of benzene rings is 1. The second-order valence-electron chi connectivity index (χ2n) is 2.87. The summed E-state index contributed by atoms with van der Waals surface area (Å²) in [6.45, 7) is 1.62. The summed E-state index contributed by atoms with van der Waals surface area (Å²) in [5.74, 6) is -1.32. The average molecular weight is 226 g/mol. The number of nitrogen functional groups attached to an aromatic ring is 1. The molecule has 0 bridgehead atoms. The number of nitrogens with two attached hydrogens (primary N) is 1. The Hall–Kier alpha value is -2.31. The lowest BCUT2D eigenvalue weighted by atomic mass is 10.1. The molecule has 0 radical (unpaired) electrons. The maximum atomic E-state index is 11.4. The van der Waals surface area contributed by atoms with E-state index in [1.165, 1.54) is 0 Å². The van der Waals surface area contributed by atoms with Crippen LogP contribution in [-0.2, 0) is 4.74 Å². The van der Waals surface area contributed by atoms with Gasteiger partial charge in [0.2, 0.25) is 0 Å². The van der Waals surface area contributed by atoms with Gasteiger partial charge in [-0.3, -0.25) is 10.1 Å². The van der Waals surface area contributed by atoms with Crippen molar-refractivity contribution in [3.8, 4) is 5.75 Å². The summed E-state index contributed by atoms with van der Waals surface area (Å²) < 4.78 is 4.62. The van der Waals surface area contributed by atoms with Gasteiger partial charge in [0.15, 0.2) is 5.56 Å². The van der Waals surface area contributed by atoms with Gasteiger partial charge in [-0.15, -0.1) is 0 Å². The van der Waals surface area contributed by atoms with Gasteiger partial charge in [-0.25, -0.2) is 4.79 Å². The van der Waals surface area contributed by atoms with Gasteiger partial charge in [0.1, 0.15) is 5.75 Å². The molecule has 0 spiro atoms. The van der Waals surface area contributed by atoms with E-state index in [0.717, 1.165) is 12.1 Å². The largest absolute Gasteiger partial charge is 0.506 e. The van der Waals surface area contributed by atoms with E-state index in [2.05, 4.69) is 4.74 Å². The molecule has 7 heteroatoms. The number of aromatic hydroxyl groups is 1. The first-order chi connectivity index (χ1) is 7.49. The normalized spacial score (nSPS) is 9.81. The van der Waals surface area contributed by atoms with Crippen molar-refractivity contribution in [2.45, 2.75) is 6.92 Å². The van der Waals surface area contributed by atoms with Crippen LogP contribution in [0.2, 0.25) is 0 Å². The molecule has 0 aliphatic rings. The molecule has 0 saturated carbocycles. The molecule has 0 amide bonds. The molecule has 0 atom stereocenters. The molecule has 1 rings (SSSR count). The molecule has 3 N–H and O–H groups in total. The van der Waals surface area contributed by atoms with Crippen molar-refractivity contribution < 1.29 is 19.6 Å². The zero-order valence-electron chi connectivity index (χ0n) is 8.47. The number of phenols is 1. The summed E-state index contributed by atoms with van der Waals surface area (Å²) in [4.78, 5) is 21.3. The molecular formula is C9H10N2O5. The third-order valence-electron chi connectivity index (χ3n) is 1.88. The number of nitro groups is 1. The quantitative estimate of drug-likeness (QED) is 0.262. The van der Waals surface area contributed by atoms with Gasteiger partial charge in [0.25, 0.3) is 5.69 Å². The van der Waals surface area contributed by atoms with Crippen LogP contribution in [-0.4, -0.2) is 22.6 Å². The van der Waals surface area contributed by atoms with Gasteiger partial charge in [0.05, 0.1) is 17.2 Å². The number of carbonyl (C=O) groups excluding carboxylic acids is 1. The first-order valence-electron chi connectivity index (χ1n) is 4.42. The van der Waals surface area contributed by atoms with E-state index in [9.17, 15) is 20.0 Å². The van der Waals surface area contributed by atoms with E-state index < -0.39 is 27.9 Å². The number of hydrogen-bond donors (Lipinski definition) is 2. The molecule has 0 fully saturated rings. The lowest BCUT2D eigenvalue weighted by Gasteiger charge is -2.07. The van der Waals surface area contributed by atoms with Crippen LogP contribution in [0.15, 0.2) is 12.1 Å². The second kappa shape index (κ2) is 4.47. The summed E-state index contributed by atoms with van der Waals surface area (Å²) in [6, 6.07) is 2.05. The molecule has 0 heterocycles. The first kappa shape index (κ1) is 11.8. The highest BCUT2D eigenvalue weighted by Gasteiger charge is 2.26. The standard InChI is InChI=1S/C9H10N2O5/c1-2-16-9(13)7-5(11(14)15)3-4-6(12)8(7)10/h3-4,12H,2,10H2,1H3. The summed E-state index contributed by atoms with van der Waals surface area (Å²) >= 11 is 0. The van der Waals surface area contributed by atoms with Crippen LogP contribution >= 0.6 is 0 Å². The fourth-order valence-electron chi connectivity index (χ4n) is 1.17. The number of ether oxygens (including phenoxy) is 1. The van der Waals surface area contributed by atoms with Crippen LogP contribution in [0.4, 0.5) is 11.4 Å². The minimum Gasteiger partial charge on any atom is -0.506 e. The smallest absolute Gasteiger partial charge is 0.347 e. The summed E-state index contributed by atoms with van der Waals surface area (Å²) in [7, 11) is 0. The molecule has 1 aromatic carbocycles. The number of nitrogens with zero attached hydrogens (tertiary/aromatic N) is 1. The number of rotatable bonds is 3. The molecule has 0 unspecified atom stereocenters. The van der Waals surface area contributed by atoms with E-state index in [-0.39, 0.29) is 12.3 Å². The lowest BCUT2D eigenvalue weighted by Crippen LogP contribution is -2.11. The maximum Gasteiger partial charge on any atom is 0.347 e.